The Morgan fingerprint density at radius 2 is 1.30 bits per heavy atom. The fourth-order valence-corrected chi connectivity index (χ4v) is 2.65. The molecule has 180 valence electrons. The van der Waals surface area contributed by atoms with Crippen molar-refractivity contribution in [3.05, 3.63) is 12.2 Å². The predicted molar refractivity (Wildman–Crippen MR) is 118 cm³/mol. The first-order chi connectivity index (χ1) is 14.2. The van der Waals surface area contributed by atoms with E-state index in [-0.39, 0.29) is 19.2 Å². The minimum Gasteiger partial charge on any atom is -0.463 e. The number of hydrogen-bond acceptors (Lipinski definition) is 5. The molecule has 0 spiro atoms. The van der Waals surface area contributed by atoms with Crippen molar-refractivity contribution >= 4 is 13.8 Å². The molecule has 9 heteroatoms. The van der Waals surface area contributed by atoms with E-state index in [1.54, 1.807) is 0 Å². The number of hydrogen-bond donors (Lipinski definition) is 5. The maximum atomic E-state index is 11.4. The summed E-state index contributed by atoms with van der Waals surface area (Å²) in [7, 11) is -4.64. The van der Waals surface area contributed by atoms with Crippen LogP contribution in [0.15, 0.2) is 12.2 Å². The summed E-state index contributed by atoms with van der Waals surface area (Å²) >= 11 is 0. The van der Waals surface area contributed by atoms with Gasteiger partial charge in [0.1, 0.15) is 12.7 Å². The van der Waals surface area contributed by atoms with Crippen LogP contribution in [0.2, 0.25) is 0 Å². The maximum Gasteiger partial charge on any atom is 0.466 e. The Balaban J connectivity index is 0. The average molecular weight is 455 g/mol. The first-order valence-electron chi connectivity index (χ1n) is 11.1. The number of phosphoric acid groups is 1. The van der Waals surface area contributed by atoms with Crippen LogP contribution in [0.1, 0.15) is 96.8 Å². The van der Waals surface area contributed by atoms with Gasteiger partial charge in [0.15, 0.2) is 0 Å². The molecule has 0 saturated heterocycles. The first-order valence-corrected chi connectivity index (χ1v) is 12.6. The Morgan fingerprint density at radius 3 is 1.77 bits per heavy atom. The molecule has 0 aromatic rings. The SMILES string of the molecule is CCCCCCCCC=CCCCCCCCC(=O)OCC(O)CO.O=P(O)(O)O. The van der Waals surface area contributed by atoms with E-state index in [4.69, 9.17) is 34.2 Å². The molecule has 0 aliphatic carbocycles. The van der Waals surface area contributed by atoms with E-state index < -0.39 is 13.9 Å². The molecule has 0 aliphatic heterocycles. The Kier molecular flexibility index (Phi) is 24.0. The van der Waals surface area contributed by atoms with E-state index >= 15 is 0 Å². The van der Waals surface area contributed by atoms with Crippen LogP contribution in [0.4, 0.5) is 0 Å². The summed E-state index contributed by atoms with van der Waals surface area (Å²) in [5.41, 5.74) is 0. The van der Waals surface area contributed by atoms with E-state index in [2.05, 4.69) is 19.1 Å². The highest BCUT2D eigenvalue weighted by atomic mass is 31.2. The molecular formula is C21H43O8P. The molecule has 0 fully saturated rings. The number of esters is 1. The molecule has 0 saturated carbocycles. The van der Waals surface area contributed by atoms with Crippen LogP contribution < -0.4 is 0 Å². The quantitative estimate of drug-likeness (QED) is 0.0905. The molecule has 0 amide bonds. The van der Waals surface area contributed by atoms with Crippen molar-refractivity contribution in [2.24, 2.45) is 0 Å². The van der Waals surface area contributed by atoms with Gasteiger partial charge in [0.2, 0.25) is 0 Å². The third-order valence-corrected chi connectivity index (χ3v) is 4.29. The number of aliphatic hydroxyl groups excluding tert-OH is 2. The summed E-state index contributed by atoms with van der Waals surface area (Å²) in [6.45, 7) is 1.77. The van der Waals surface area contributed by atoms with Gasteiger partial charge in [-0.1, -0.05) is 70.4 Å². The second kappa shape index (κ2) is 22.9. The summed E-state index contributed by atoms with van der Waals surface area (Å²) in [5.74, 6) is -0.287. The lowest BCUT2D eigenvalue weighted by molar-refractivity contribution is -0.147. The largest absolute Gasteiger partial charge is 0.466 e. The van der Waals surface area contributed by atoms with E-state index in [9.17, 15) is 4.79 Å². The third-order valence-electron chi connectivity index (χ3n) is 4.29. The molecule has 0 heterocycles. The zero-order valence-corrected chi connectivity index (χ0v) is 19.3. The molecule has 5 N–H and O–H groups in total. The van der Waals surface area contributed by atoms with E-state index in [1.165, 1.54) is 57.8 Å². The molecule has 0 aromatic heterocycles. The number of unbranched alkanes of at least 4 members (excludes halogenated alkanes) is 11. The van der Waals surface area contributed by atoms with Crippen LogP contribution >= 0.6 is 7.82 Å². The van der Waals surface area contributed by atoms with Gasteiger partial charge in [-0.2, -0.15) is 0 Å². The van der Waals surface area contributed by atoms with Gasteiger partial charge in [-0.25, -0.2) is 4.57 Å². The highest BCUT2D eigenvalue weighted by Crippen LogP contribution is 2.25. The highest BCUT2D eigenvalue weighted by molar-refractivity contribution is 7.45. The number of rotatable bonds is 18. The van der Waals surface area contributed by atoms with Gasteiger partial charge in [-0.05, 0) is 32.1 Å². The maximum absolute atomic E-state index is 11.4. The van der Waals surface area contributed by atoms with Gasteiger partial charge >= 0.3 is 13.8 Å². The van der Waals surface area contributed by atoms with Crippen LogP contribution in [-0.2, 0) is 14.1 Å². The Labute approximate surface area is 181 Å². The number of carbonyl (C=O) groups is 1. The topological polar surface area (TPSA) is 145 Å². The first kappa shape index (κ1) is 31.4. The Hall–Kier alpha value is -0.760. The molecule has 8 nitrogen and oxygen atoms in total. The van der Waals surface area contributed by atoms with Crippen LogP contribution in [-0.4, -0.2) is 50.2 Å². The normalized spacial score (nSPS) is 12.5. The monoisotopic (exact) mass is 454 g/mol. The molecule has 0 radical (unpaired) electrons. The second-order valence-corrected chi connectivity index (χ2v) is 8.39. The lowest BCUT2D eigenvalue weighted by atomic mass is 10.1. The number of allylic oxidation sites excluding steroid dienone is 2. The summed E-state index contributed by atoms with van der Waals surface area (Å²) in [6.07, 6.45) is 20.1. The van der Waals surface area contributed by atoms with Crippen molar-refractivity contribution in [2.75, 3.05) is 13.2 Å². The molecule has 30 heavy (non-hydrogen) atoms. The smallest absolute Gasteiger partial charge is 0.463 e. The molecule has 1 unspecified atom stereocenters. The molecule has 0 aliphatic rings. The van der Waals surface area contributed by atoms with Gasteiger partial charge in [-0.3, -0.25) is 4.79 Å². The Bertz CT molecular complexity index is 442. The summed E-state index contributed by atoms with van der Waals surface area (Å²) < 4.78 is 13.7. The third kappa shape index (κ3) is 34.7. The number of carbonyl (C=O) groups excluding carboxylic acids is 1. The van der Waals surface area contributed by atoms with Gasteiger partial charge in [0, 0.05) is 6.42 Å². The van der Waals surface area contributed by atoms with Crippen molar-refractivity contribution in [3.63, 3.8) is 0 Å². The Morgan fingerprint density at radius 1 is 0.867 bits per heavy atom. The van der Waals surface area contributed by atoms with E-state index in [1.807, 2.05) is 0 Å². The number of ether oxygens (including phenoxy) is 1. The standard InChI is InChI=1S/C21H40O4.H3O4P/c1-2-3-4-5-6-7-8-9-10-11-12-13-14-15-16-17-21(24)25-19-20(23)18-22;1-5(2,3)4/h9-10,20,22-23H,2-8,11-19H2,1H3;(H3,1,2,3,4). The van der Waals surface area contributed by atoms with Crippen LogP contribution in [0, 0.1) is 0 Å². The molecule has 0 rings (SSSR count). The fourth-order valence-electron chi connectivity index (χ4n) is 2.65. The molecular weight excluding hydrogens is 411 g/mol. The summed E-state index contributed by atoms with van der Waals surface area (Å²) in [4.78, 5) is 32.9. The van der Waals surface area contributed by atoms with Crippen LogP contribution in [0.3, 0.4) is 0 Å². The van der Waals surface area contributed by atoms with Crippen LogP contribution in [0.5, 0.6) is 0 Å². The minimum absolute atomic E-state index is 0.111. The second-order valence-electron chi connectivity index (χ2n) is 7.37. The van der Waals surface area contributed by atoms with Gasteiger partial charge in [0.25, 0.3) is 0 Å². The average Bonchev–Trinajstić information content (AvgIpc) is 2.67. The van der Waals surface area contributed by atoms with Crippen LogP contribution in [0.25, 0.3) is 0 Å². The van der Waals surface area contributed by atoms with Gasteiger partial charge < -0.3 is 29.6 Å². The van der Waals surface area contributed by atoms with Crippen molar-refractivity contribution in [1.29, 1.82) is 0 Å². The number of aliphatic hydroxyl groups is 2. The summed E-state index contributed by atoms with van der Waals surface area (Å²) in [6, 6.07) is 0. The minimum atomic E-state index is -4.64. The zero-order valence-electron chi connectivity index (χ0n) is 18.5. The van der Waals surface area contributed by atoms with Gasteiger partial charge in [0.05, 0.1) is 6.61 Å². The predicted octanol–water partition coefficient (Wildman–Crippen LogP) is 3.99. The van der Waals surface area contributed by atoms with Crippen molar-refractivity contribution in [1.82, 2.24) is 0 Å². The molecule has 0 bridgehead atoms. The molecule has 1 atom stereocenters. The van der Waals surface area contributed by atoms with Gasteiger partial charge in [-0.15, -0.1) is 0 Å². The highest BCUT2D eigenvalue weighted by Gasteiger charge is 2.07. The fraction of sp³-hybridized carbons (Fsp3) is 0.857. The van der Waals surface area contributed by atoms with E-state index in [0.717, 1.165) is 25.7 Å². The lowest BCUT2D eigenvalue weighted by Gasteiger charge is -2.08. The van der Waals surface area contributed by atoms with Crippen molar-refractivity contribution in [3.8, 4) is 0 Å². The zero-order chi connectivity index (χ0) is 23.1. The van der Waals surface area contributed by atoms with E-state index in [0.29, 0.717) is 6.42 Å². The van der Waals surface area contributed by atoms with Crippen molar-refractivity contribution in [2.45, 2.75) is 103 Å². The summed E-state index contributed by atoms with van der Waals surface area (Å²) in [5, 5.41) is 17.7. The lowest BCUT2D eigenvalue weighted by Crippen LogP contribution is -2.21. The molecule has 0 aromatic carbocycles. The van der Waals surface area contributed by atoms with Crippen molar-refractivity contribution < 1.29 is 39.0 Å².